The fourth-order valence-electron chi connectivity index (χ4n) is 2.93. The van der Waals surface area contributed by atoms with Crippen LogP contribution in [-0.2, 0) is 6.42 Å². The van der Waals surface area contributed by atoms with E-state index in [-0.39, 0.29) is 5.91 Å². The summed E-state index contributed by atoms with van der Waals surface area (Å²) in [7, 11) is 1.92. The van der Waals surface area contributed by atoms with Crippen molar-refractivity contribution in [1.82, 2.24) is 9.88 Å². The average molecular weight is 275 g/mol. The molecule has 1 aromatic heterocycles. The summed E-state index contributed by atoms with van der Waals surface area (Å²) >= 11 is 0. The highest BCUT2D eigenvalue weighted by Crippen LogP contribution is 2.22. The van der Waals surface area contributed by atoms with Crippen molar-refractivity contribution in [3.8, 4) is 0 Å². The molecular formula is C16H25N3O. The molecule has 0 saturated heterocycles. The number of rotatable bonds is 3. The van der Waals surface area contributed by atoms with Crippen LogP contribution in [0.5, 0.6) is 0 Å². The van der Waals surface area contributed by atoms with Gasteiger partial charge in [0.05, 0.1) is 0 Å². The predicted octanol–water partition coefficient (Wildman–Crippen LogP) is 3.02. The molecule has 2 N–H and O–H groups in total. The van der Waals surface area contributed by atoms with E-state index in [0.29, 0.717) is 17.4 Å². The minimum atomic E-state index is 0.0701. The molecule has 1 amide bonds. The van der Waals surface area contributed by atoms with Gasteiger partial charge in [0.15, 0.2) is 0 Å². The minimum absolute atomic E-state index is 0.0701. The molecule has 1 aliphatic rings. The Hall–Kier alpha value is -1.58. The SMILES string of the molecule is CCc1cc(C(=O)N(C)C2CCCCCC2)cc(N)n1. The molecule has 4 nitrogen and oxygen atoms in total. The van der Waals surface area contributed by atoms with Gasteiger partial charge < -0.3 is 10.6 Å². The number of pyridine rings is 1. The molecule has 0 spiro atoms. The van der Waals surface area contributed by atoms with Crippen LogP contribution in [0, 0.1) is 0 Å². The summed E-state index contributed by atoms with van der Waals surface area (Å²) in [6.45, 7) is 2.02. The maximum absolute atomic E-state index is 12.6. The van der Waals surface area contributed by atoms with Crippen LogP contribution in [-0.4, -0.2) is 28.9 Å². The summed E-state index contributed by atoms with van der Waals surface area (Å²) in [6, 6.07) is 3.92. The summed E-state index contributed by atoms with van der Waals surface area (Å²) in [5.74, 6) is 0.502. The van der Waals surface area contributed by atoms with E-state index in [9.17, 15) is 4.79 Å². The molecule has 0 radical (unpaired) electrons. The monoisotopic (exact) mass is 275 g/mol. The van der Waals surface area contributed by atoms with E-state index >= 15 is 0 Å². The first kappa shape index (κ1) is 14.8. The molecule has 4 heteroatoms. The molecule has 0 aliphatic heterocycles. The number of aromatic nitrogens is 1. The third kappa shape index (κ3) is 3.50. The molecule has 1 aromatic rings. The van der Waals surface area contributed by atoms with E-state index in [2.05, 4.69) is 4.98 Å². The summed E-state index contributed by atoms with van der Waals surface area (Å²) in [5, 5.41) is 0. The van der Waals surface area contributed by atoms with Gasteiger partial charge in [0.2, 0.25) is 0 Å². The second kappa shape index (κ2) is 6.73. The minimum Gasteiger partial charge on any atom is -0.384 e. The Morgan fingerprint density at radius 2 is 1.95 bits per heavy atom. The summed E-state index contributed by atoms with van der Waals surface area (Å²) in [5.41, 5.74) is 7.34. The summed E-state index contributed by atoms with van der Waals surface area (Å²) < 4.78 is 0. The van der Waals surface area contributed by atoms with Crippen molar-refractivity contribution >= 4 is 11.7 Å². The standard InChI is InChI=1S/C16H25N3O/c1-3-13-10-12(11-15(17)18-13)16(20)19(2)14-8-6-4-5-7-9-14/h10-11,14H,3-9H2,1-2H3,(H2,17,18). The van der Waals surface area contributed by atoms with Crippen LogP contribution < -0.4 is 5.73 Å². The fraction of sp³-hybridized carbons (Fsp3) is 0.625. The van der Waals surface area contributed by atoms with Crippen molar-refractivity contribution in [2.24, 2.45) is 0 Å². The predicted molar refractivity (Wildman–Crippen MR) is 81.6 cm³/mol. The highest BCUT2D eigenvalue weighted by atomic mass is 16.2. The van der Waals surface area contributed by atoms with Gasteiger partial charge in [0.1, 0.15) is 5.82 Å². The highest BCUT2D eigenvalue weighted by Gasteiger charge is 2.22. The van der Waals surface area contributed by atoms with Crippen molar-refractivity contribution < 1.29 is 4.79 Å². The number of amides is 1. The number of aryl methyl sites for hydroxylation is 1. The van der Waals surface area contributed by atoms with E-state index in [1.807, 2.05) is 24.9 Å². The van der Waals surface area contributed by atoms with E-state index in [1.54, 1.807) is 6.07 Å². The smallest absolute Gasteiger partial charge is 0.254 e. The van der Waals surface area contributed by atoms with E-state index in [4.69, 9.17) is 5.73 Å². The van der Waals surface area contributed by atoms with E-state index < -0.39 is 0 Å². The van der Waals surface area contributed by atoms with Gasteiger partial charge in [-0.25, -0.2) is 4.98 Å². The zero-order valence-corrected chi connectivity index (χ0v) is 12.6. The van der Waals surface area contributed by atoms with Crippen LogP contribution in [0.4, 0.5) is 5.82 Å². The Bertz CT molecular complexity index is 465. The molecule has 0 aromatic carbocycles. The largest absolute Gasteiger partial charge is 0.384 e. The second-order valence-corrected chi connectivity index (χ2v) is 5.69. The summed E-state index contributed by atoms with van der Waals surface area (Å²) in [4.78, 5) is 18.8. The molecular weight excluding hydrogens is 250 g/mol. The van der Waals surface area contributed by atoms with E-state index in [1.165, 1.54) is 25.7 Å². The third-order valence-electron chi connectivity index (χ3n) is 4.20. The van der Waals surface area contributed by atoms with Crippen molar-refractivity contribution in [1.29, 1.82) is 0 Å². The molecule has 0 atom stereocenters. The first-order chi connectivity index (χ1) is 9.61. The second-order valence-electron chi connectivity index (χ2n) is 5.69. The van der Waals surface area contributed by atoms with Crippen LogP contribution in [0.1, 0.15) is 61.5 Å². The molecule has 20 heavy (non-hydrogen) atoms. The number of hydrogen-bond acceptors (Lipinski definition) is 3. The fourth-order valence-corrected chi connectivity index (χ4v) is 2.93. The number of nitrogens with zero attached hydrogens (tertiary/aromatic N) is 2. The van der Waals surface area contributed by atoms with Crippen molar-refractivity contribution in [3.63, 3.8) is 0 Å². The lowest BCUT2D eigenvalue weighted by atomic mass is 10.1. The van der Waals surface area contributed by atoms with Gasteiger partial charge in [-0.1, -0.05) is 32.6 Å². The van der Waals surface area contributed by atoms with Crippen molar-refractivity contribution in [2.75, 3.05) is 12.8 Å². The Labute approximate surface area is 121 Å². The third-order valence-corrected chi connectivity index (χ3v) is 4.20. The van der Waals surface area contributed by atoms with Gasteiger partial charge in [-0.15, -0.1) is 0 Å². The average Bonchev–Trinajstić information content (AvgIpc) is 2.74. The quantitative estimate of drug-likeness (QED) is 0.863. The first-order valence-electron chi connectivity index (χ1n) is 7.65. The number of carbonyl (C=O) groups excluding carboxylic acids is 1. The van der Waals surface area contributed by atoms with Crippen LogP contribution in [0.15, 0.2) is 12.1 Å². The lowest BCUT2D eigenvalue weighted by molar-refractivity contribution is 0.0717. The topological polar surface area (TPSA) is 59.2 Å². The summed E-state index contributed by atoms with van der Waals surface area (Å²) in [6.07, 6.45) is 8.05. The number of anilines is 1. The molecule has 1 aliphatic carbocycles. The Morgan fingerprint density at radius 1 is 1.30 bits per heavy atom. The molecule has 1 heterocycles. The van der Waals surface area contributed by atoms with Crippen molar-refractivity contribution in [2.45, 2.75) is 57.9 Å². The van der Waals surface area contributed by atoms with Crippen LogP contribution in [0.2, 0.25) is 0 Å². The van der Waals surface area contributed by atoms with Gasteiger partial charge in [-0.2, -0.15) is 0 Å². The number of hydrogen-bond donors (Lipinski definition) is 1. The Kier molecular flexibility index (Phi) is 4.99. The Morgan fingerprint density at radius 3 is 2.55 bits per heavy atom. The van der Waals surface area contributed by atoms with Gasteiger partial charge in [0, 0.05) is 24.3 Å². The molecule has 1 fully saturated rings. The lowest BCUT2D eigenvalue weighted by Gasteiger charge is -2.27. The van der Waals surface area contributed by atoms with Gasteiger partial charge in [-0.05, 0) is 31.4 Å². The first-order valence-corrected chi connectivity index (χ1v) is 7.65. The van der Waals surface area contributed by atoms with Crippen LogP contribution in [0.3, 0.4) is 0 Å². The van der Waals surface area contributed by atoms with Crippen molar-refractivity contribution in [3.05, 3.63) is 23.4 Å². The van der Waals surface area contributed by atoms with Crippen LogP contribution in [0.25, 0.3) is 0 Å². The zero-order valence-electron chi connectivity index (χ0n) is 12.6. The maximum atomic E-state index is 12.6. The van der Waals surface area contributed by atoms with E-state index in [0.717, 1.165) is 25.0 Å². The molecule has 2 rings (SSSR count). The molecule has 1 saturated carbocycles. The normalized spacial score (nSPS) is 16.7. The molecule has 0 bridgehead atoms. The zero-order chi connectivity index (χ0) is 14.5. The number of nitrogens with two attached hydrogens (primary N) is 1. The number of nitrogen functional groups attached to an aromatic ring is 1. The number of carbonyl (C=O) groups is 1. The maximum Gasteiger partial charge on any atom is 0.254 e. The molecule has 110 valence electrons. The van der Waals surface area contributed by atoms with Crippen LogP contribution >= 0.6 is 0 Å². The highest BCUT2D eigenvalue weighted by molar-refractivity contribution is 5.95. The van der Waals surface area contributed by atoms with Gasteiger partial charge in [-0.3, -0.25) is 4.79 Å². The van der Waals surface area contributed by atoms with Gasteiger partial charge >= 0.3 is 0 Å². The molecule has 0 unspecified atom stereocenters. The Balaban J connectivity index is 2.14. The lowest BCUT2D eigenvalue weighted by Crippen LogP contribution is -2.36. The van der Waals surface area contributed by atoms with Gasteiger partial charge in [0.25, 0.3) is 5.91 Å².